The minimum atomic E-state index is -1.74. The van der Waals surface area contributed by atoms with Gasteiger partial charge in [0.05, 0.1) is 19.5 Å². The predicted octanol–water partition coefficient (Wildman–Crippen LogP) is -0.218. The molecule has 0 bridgehead atoms. The summed E-state index contributed by atoms with van der Waals surface area (Å²) in [4.78, 5) is 163. The molecule has 1 aliphatic rings. The van der Waals surface area contributed by atoms with E-state index in [1.165, 1.54) is 62.7 Å². The zero-order chi connectivity index (χ0) is 68.2. The number of rotatable bonds is 33. The first kappa shape index (κ1) is 71.1. The van der Waals surface area contributed by atoms with Crippen molar-refractivity contribution in [3.8, 4) is 5.75 Å². The molecule has 0 spiro atoms. The molecule has 0 unspecified atom stereocenters. The van der Waals surface area contributed by atoms with Crippen molar-refractivity contribution in [2.45, 2.75) is 134 Å². The van der Waals surface area contributed by atoms with Crippen molar-refractivity contribution in [3.63, 3.8) is 0 Å². The van der Waals surface area contributed by atoms with Gasteiger partial charge in [0.25, 0.3) is 0 Å². The van der Waals surface area contributed by atoms with Crippen LogP contribution in [0, 0.1) is 5.92 Å². The highest BCUT2D eigenvalue weighted by Crippen LogP contribution is 2.23. The van der Waals surface area contributed by atoms with Crippen LogP contribution in [0.2, 0.25) is 0 Å². The molecule has 504 valence electrons. The zero-order valence-corrected chi connectivity index (χ0v) is 53.7. The topological polar surface area (TPSA) is 430 Å². The Bertz CT molecular complexity index is 3610. The number of likely N-dealkylation sites (tertiary alicyclic amines) is 1. The zero-order valence-electron chi connectivity index (χ0n) is 53.7. The van der Waals surface area contributed by atoms with Crippen molar-refractivity contribution in [3.05, 3.63) is 120 Å². The molecule has 7 rings (SSSR count). The third-order valence-electron chi connectivity index (χ3n) is 16.3. The van der Waals surface area contributed by atoms with Gasteiger partial charge < -0.3 is 88.5 Å². The fraction of sp³-hybridized carbons (Fsp3) is 0.446. The summed E-state index contributed by atoms with van der Waals surface area (Å²) in [6.45, 7) is 6.05. The maximum Gasteiger partial charge on any atom is 0.245 e. The fourth-order valence-corrected chi connectivity index (χ4v) is 11.3. The van der Waals surface area contributed by atoms with Gasteiger partial charge in [0.15, 0.2) is 5.96 Å². The first-order valence-corrected chi connectivity index (χ1v) is 31.3. The van der Waals surface area contributed by atoms with Crippen LogP contribution in [-0.2, 0) is 73.6 Å². The van der Waals surface area contributed by atoms with E-state index >= 15 is 14.4 Å². The molecule has 0 radical (unpaired) electrons. The van der Waals surface area contributed by atoms with Crippen LogP contribution < -0.4 is 48.7 Å². The Morgan fingerprint density at radius 3 is 2.00 bits per heavy atom. The third kappa shape index (κ3) is 19.8. The number of carbonyl (C=O) groups excluding carboxylic acids is 10. The SMILES string of the molecule is CCNC(=O)[C@@H]1CCCN1C(=O)[C@H](CCCN=C(N)N)NC(=O)[C@H](CC(C)C)NC(=O)[C@@H](Cc1cc2ccccc2[nH]1)NC(=O)[C@H](Cc1ccc(O)cc1)NC(=O)[C@H](CO)N(C)C(=O)[C@H](Cc1c[nH]c2ccccc12)NC(=O)[C@H](Cc1cnc[nH]1)NC(=O)CN(C)C(C)=O. The number of likely N-dealkylation sites (N-methyl/N-ethyl adjacent to an activating group) is 3. The lowest BCUT2D eigenvalue weighted by Crippen LogP contribution is -2.61. The van der Waals surface area contributed by atoms with E-state index in [2.05, 4.69) is 62.1 Å². The summed E-state index contributed by atoms with van der Waals surface area (Å²) < 4.78 is 0. The van der Waals surface area contributed by atoms with Crippen LogP contribution in [0.1, 0.15) is 82.3 Å². The molecule has 8 atom stereocenters. The summed E-state index contributed by atoms with van der Waals surface area (Å²) in [6, 6.07) is 11.3. The second kappa shape index (κ2) is 33.8. The Balaban J connectivity index is 1.17. The van der Waals surface area contributed by atoms with Crippen molar-refractivity contribution >= 4 is 86.8 Å². The van der Waals surface area contributed by atoms with Gasteiger partial charge in [-0.1, -0.05) is 62.4 Å². The number of nitrogens with zero attached hydrogens (tertiary/aromatic N) is 5. The number of aromatic hydroxyl groups is 1. The average molecular weight is 1300 g/mol. The number of carbonyl (C=O) groups is 10. The van der Waals surface area contributed by atoms with Gasteiger partial charge in [-0.15, -0.1) is 0 Å². The molecule has 3 aromatic heterocycles. The number of hydrogen-bond donors (Lipinski definition) is 14. The molecule has 6 aromatic rings. The minimum absolute atomic E-state index is 0.0633. The lowest BCUT2D eigenvalue weighted by molar-refractivity contribution is -0.144. The molecular weight excluding hydrogens is 1210 g/mol. The van der Waals surface area contributed by atoms with Gasteiger partial charge >= 0.3 is 0 Å². The normalized spacial score (nSPS) is 15.1. The number of nitrogens with two attached hydrogens (primary N) is 2. The molecule has 16 N–H and O–H groups in total. The van der Waals surface area contributed by atoms with Gasteiger partial charge in [0, 0.05) is 107 Å². The molecule has 1 aliphatic heterocycles. The summed E-state index contributed by atoms with van der Waals surface area (Å²) in [5.74, 6) is -7.60. The van der Waals surface area contributed by atoms with Gasteiger partial charge in [0.2, 0.25) is 59.1 Å². The number of aromatic amines is 3. The first-order chi connectivity index (χ1) is 44.9. The smallest absolute Gasteiger partial charge is 0.245 e. The lowest BCUT2D eigenvalue weighted by Gasteiger charge is -2.32. The molecule has 4 heterocycles. The molecule has 1 fully saturated rings. The van der Waals surface area contributed by atoms with E-state index in [-0.39, 0.29) is 81.6 Å². The maximum absolute atomic E-state index is 15.1. The third-order valence-corrected chi connectivity index (χ3v) is 16.3. The van der Waals surface area contributed by atoms with Crippen molar-refractivity contribution < 1.29 is 58.2 Å². The second-order valence-electron chi connectivity index (χ2n) is 23.9. The van der Waals surface area contributed by atoms with Crippen LogP contribution in [0.4, 0.5) is 0 Å². The van der Waals surface area contributed by atoms with E-state index in [1.54, 1.807) is 25.3 Å². The van der Waals surface area contributed by atoms with Gasteiger partial charge in [-0.3, -0.25) is 52.9 Å². The Labute approximate surface area is 543 Å². The molecule has 0 saturated carbocycles. The largest absolute Gasteiger partial charge is 0.508 e. The summed E-state index contributed by atoms with van der Waals surface area (Å²) >= 11 is 0. The molecule has 3 aromatic carbocycles. The molecule has 94 heavy (non-hydrogen) atoms. The highest BCUT2D eigenvalue weighted by molar-refractivity contribution is 5.99. The number of hydrogen-bond acceptors (Lipinski definition) is 14. The van der Waals surface area contributed by atoms with Crippen LogP contribution in [0.15, 0.2) is 103 Å². The molecule has 10 amide bonds. The van der Waals surface area contributed by atoms with E-state index in [4.69, 9.17) is 11.5 Å². The number of nitrogens with one attached hydrogen (secondary N) is 10. The number of aliphatic hydroxyl groups is 1. The maximum atomic E-state index is 15.1. The number of imidazole rings is 1. The van der Waals surface area contributed by atoms with Crippen molar-refractivity contribution in [1.29, 1.82) is 0 Å². The number of guanidine groups is 1. The Morgan fingerprint density at radius 1 is 0.734 bits per heavy atom. The average Bonchev–Trinajstić information content (AvgIpc) is 1.63. The molecular formula is C65H87N17O12. The minimum Gasteiger partial charge on any atom is -0.508 e. The first-order valence-electron chi connectivity index (χ1n) is 31.3. The van der Waals surface area contributed by atoms with Crippen LogP contribution in [0.3, 0.4) is 0 Å². The van der Waals surface area contributed by atoms with E-state index in [1.807, 2.05) is 56.3 Å². The van der Waals surface area contributed by atoms with Gasteiger partial charge in [-0.2, -0.15) is 0 Å². The standard InChI is InChI=1S/C65H87N17O12/c1-7-69-61(91)54-19-13-25-82(54)64(94)48(18-12-24-70-65(66)67)75-57(87)49(26-37(2)3)76-60(90)52(30-42-28-40-14-8-10-16-46(40)73-42)77-58(88)50(27-39-20-22-44(85)23-21-39)78-62(92)55(35-83)81(6)63(93)53(29-41-32-71-47-17-11-9-15-45(41)47)79-59(89)51(31-43-33-68-36-72-43)74-56(86)34-80(5)38(4)84/h8-11,14-17,20-23,28,32-33,36-37,48-55,71,73,83,85H,7,12-13,18-19,24-27,29-31,34-35H2,1-6H3,(H,68,72)(H,69,91)(H,74,86)(H,75,87)(H,76,90)(H,77,88)(H,78,92)(H,79,89)(H4,66,67,70)/t48-,49-,50-,51-,52+,53-,54-,55-/m0/s1. The monoisotopic (exact) mass is 1300 g/mol. The summed E-state index contributed by atoms with van der Waals surface area (Å²) in [7, 11) is 2.65. The Hall–Kier alpha value is -10.3. The van der Waals surface area contributed by atoms with Crippen molar-refractivity contribution in [2.75, 3.05) is 46.9 Å². The number of benzene rings is 3. The Morgan fingerprint density at radius 2 is 1.35 bits per heavy atom. The number of aliphatic imine (C=N–C) groups is 1. The quantitative estimate of drug-likeness (QED) is 0.0144. The number of para-hydroxylation sites is 2. The summed E-state index contributed by atoms with van der Waals surface area (Å²) in [5.41, 5.74) is 14.6. The van der Waals surface area contributed by atoms with Crippen molar-refractivity contribution in [1.82, 2.24) is 71.9 Å². The molecule has 0 aliphatic carbocycles. The molecule has 29 heteroatoms. The van der Waals surface area contributed by atoms with Gasteiger partial charge in [0.1, 0.15) is 54.1 Å². The summed E-state index contributed by atoms with van der Waals surface area (Å²) in [5, 5.41) is 42.2. The predicted molar refractivity (Wildman–Crippen MR) is 349 cm³/mol. The van der Waals surface area contributed by atoms with Gasteiger partial charge in [-0.05, 0) is 91.8 Å². The summed E-state index contributed by atoms with van der Waals surface area (Å²) in [6.07, 6.45) is 5.10. The number of fused-ring (bicyclic) bond motifs is 2. The van der Waals surface area contributed by atoms with E-state index in [0.29, 0.717) is 58.3 Å². The van der Waals surface area contributed by atoms with Gasteiger partial charge in [-0.25, -0.2) is 4.98 Å². The number of amides is 10. The van der Waals surface area contributed by atoms with E-state index in [9.17, 15) is 43.8 Å². The van der Waals surface area contributed by atoms with Crippen molar-refractivity contribution in [2.24, 2.45) is 22.4 Å². The Kier molecular flexibility index (Phi) is 25.6. The number of phenolic OH excluding ortho intramolecular Hbond substituents is 1. The highest BCUT2D eigenvalue weighted by atomic mass is 16.3. The fourth-order valence-electron chi connectivity index (χ4n) is 11.3. The number of phenols is 1. The molecule has 1 saturated heterocycles. The van der Waals surface area contributed by atoms with Crippen LogP contribution >= 0.6 is 0 Å². The van der Waals surface area contributed by atoms with Crippen LogP contribution in [0.5, 0.6) is 5.75 Å². The highest BCUT2D eigenvalue weighted by Gasteiger charge is 2.40. The van der Waals surface area contributed by atoms with E-state index < -0.39 is 115 Å². The number of aromatic nitrogens is 4. The van der Waals surface area contributed by atoms with Crippen LogP contribution in [-0.4, -0.2) is 205 Å². The van der Waals surface area contributed by atoms with E-state index in [0.717, 1.165) is 15.2 Å². The lowest BCUT2D eigenvalue weighted by atomic mass is 10.00. The number of aliphatic hydroxyl groups excluding tert-OH is 1. The molecule has 29 nitrogen and oxygen atoms in total. The second-order valence-corrected chi connectivity index (χ2v) is 23.9. The van der Waals surface area contributed by atoms with Crippen LogP contribution in [0.25, 0.3) is 21.8 Å². The number of H-pyrrole nitrogens is 3.